The van der Waals surface area contributed by atoms with Gasteiger partial charge in [0.05, 0.1) is 12.6 Å². The molecule has 1 aromatic carbocycles. The van der Waals surface area contributed by atoms with E-state index in [-0.39, 0.29) is 5.82 Å². The summed E-state index contributed by atoms with van der Waals surface area (Å²) in [4.78, 5) is 1.90. The van der Waals surface area contributed by atoms with Crippen LogP contribution in [0.4, 0.5) is 4.39 Å². The topological polar surface area (TPSA) is 27.0 Å². The van der Waals surface area contributed by atoms with Crippen LogP contribution in [0.5, 0.6) is 0 Å². The van der Waals surface area contributed by atoms with Crippen LogP contribution < -0.4 is 0 Å². The summed E-state index contributed by atoms with van der Waals surface area (Å²) in [6.07, 6.45) is 0.934. The molecule has 1 aromatic rings. The van der Waals surface area contributed by atoms with Gasteiger partial charge in [-0.3, -0.25) is 4.90 Å². The van der Waals surface area contributed by atoms with Crippen molar-refractivity contribution in [2.24, 2.45) is 0 Å². The molecule has 0 saturated heterocycles. The normalized spacial score (nSPS) is 10.4. The van der Waals surface area contributed by atoms with Crippen LogP contribution in [-0.2, 0) is 6.54 Å². The van der Waals surface area contributed by atoms with Crippen molar-refractivity contribution in [1.82, 2.24) is 4.90 Å². The first-order valence-electron chi connectivity index (χ1n) is 5.20. The first kappa shape index (κ1) is 13.0. The molecule has 0 aliphatic rings. The quantitative estimate of drug-likeness (QED) is 0.739. The summed E-state index contributed by atoms with van der Waals surface area (Å²) >= 11 is 5.80. The second-order valence-electron chi connectivity index (χ2n) is 3.60. The molecule has 0 atom stereocenters. The zero-order valence-corrected chi connectivity index (χ0v) is 9.97. The van der Waals surface area contributed by atoms with Crippen LogP contribution >= 0.6 is 11.6 Å². The Hall–Kier alpha value is -1.11. The fourth-order valence-corrected chi connectivity index (χ4v) is 1.73. The maximum atomic E-state index is 13.4. The first-order chi connectivity index (χ1) is 7.67. The summed E-state index contributed by atoms with van der Waals surface area (Å²) in [6, 6.07) is 6.56. The van der Waals surface area contributed by atoms with E-state index < -0.39 is 0 Å². The van der Waals surface area contributed by atoms with Gasteiger partial charge in [-0.25, -0.2) is 4.39 Å². The van der Waals surface area contributed by atoms with Crippen LogP contribution in [0, 0.1) is 17.1 Å². The molecule has 86 valence electrons. The number of rotatable bonds is 5. The van der Waals surface area contributed by atoms with E-state index in [9.17, 15) is 4.39 Å². The van der Waals surface area contributed by atoms with E-state index in [1.807, 2.05) is 11.8 Å². The Morgan fingerprint density at radius 3 is 2.88 bits per heavy atom. The average molecular weight is 241 g/mol. The Balaban J connectivity index is 2.76. The molecular weight excluding hydrogens is 227 g/mol. The molecule has 0 saturated carbocycles. The third kappa shape index (κ3) is 3.80. The molecule has 0 aromatic heterocycles. The molecule has 0 spiro atoms. The van der Waals surface area contributed by atoms with E-state index in [1.54, 1.807) is 6.07 Å². The third-order valence-corrected chi connectivity index (χ3v) is 2.47. The molecule has 1 rings (SSSR count). The minimum Gasteiger partial charge on any atom is -0.286 e. The zero-order valence-electron chi connectivity index (χ0n) is 9.21. The van der Waals surface area contributed by atoms with Crippen LogP contribution in [0.1, 0.15) is 18.9 Å². The van der Waals surface area contributed by atoms with Gasteiger partial charge >= 0.3 is 0 Å². The summed E-state index contributed by atoms with van der Waals surface area (Å²) in [7, 11) is 0. The molecular formula is C12H14ClFN2. The molecule has 0 radical (unpaired) electrons. The highest BCUT2D eigenvalue weighted by atomic mass is 35.5. The summed E-state index contributed by atoms with van der Waals surface area (Å²) in [5.74, 6) is -0.275. The highest BCUT2D eigenvalue weighted by Crippen LogP contribution is 2.16. The molecule has 0 aliphatic heterocycles. The van der Waals surface area contributed by atoms with E-state index in [0.717, 1.165) is 13.0 Å². The smallest absolute Gasteiger partial charge is 0.127 e. The fraction of sp³-hybridized carbons (Fsp3) is 0.417. The van der Waals surface area contributed by atoms with E-state index in [0.29, 0.717) is 23.7 Å². The number of halogens is 2. The summed E-state index contributed by atoms with van der Waals surface area (Å²) in [5, 5.41) is 9.17. The van der Waals surface area contributed by atoms with Gasteiger partial charge in [0.1, 0.15) is 5.82 Å². The van der Waals surface area contributed by atoms with Gasteiger partial charge < -0.3 is 0 Å². The van der Waals surface area contributed by atoms with Crippen LogP contribution in [0.3, 0.4) is 0 Å². The largest absolute Gasteiger partial charge is 0.286 e. The molecule has 16 heavy (non-hydrogen) atoms. The maximum absolute atomic E-state index is 13.4. The van der Waals surface area contributed by atoms with Crippen molar-refractivity contribution in [2.45, 2.75) is 19.9 Å². The molecule has 0 aliphatic carbocycles. The van der Waals surface area contributed by atoms with Crippen LogP contribution in [-0.4, -0.2) is 18.0 Å². The number of nitriles is 1. The lowest BCUT2D eigenvalue weighted by atomic mass is 10.2. The second-order valence-corrected chi connectivity index (χ2v) is 4.04. The fourth-order valence-electron chi connectivity index (χ4n) is 1.54. The lowest BCUT2D eigenvalue weighted by molar-refractivity contribution is 0.294. The molecule has 0 heterocycles. The predicted molar refractivity (Wildman–Crippen MR) is 62.6 cm³/mol. The lowest BCUT2D eigenvalue weighted by Crippen LogP contribution is -2.24. The minimum absolute atomic E-state index is 0.275. The average Bonchev–Trinajstić information content (AvgIpc) is 2.24. The van der Waals surface area contributed by atoms with Gasteiger partial charge in [0.2, 0.25) is 0 Å². The summed E-state index contributed by atoms with van der Waals surface area (Å²) < 4.78 is 13.4. The second kappa shape index (κ2) is 6.47. The monoisotopic (exact) mass is 240 g/mol. The van der Waals surface area contributed by atoms with E-state index in [4.69, 9.17) is 16.9 Å². The number of hydrogen-bond donors (Lipinski definition) is 0. The van der Waals surface area contributed by atoms with E-state index in [1.165, 1.54) is 12.1 Å². The van der Waals surface area contributed by atoms with Gasteiger partial charge in [-0.2, -0.15) is 5.26 Å². The standard InChI is InChI=1S/C12H14ClFN2/c1-2-6-16(7-5-15)9-10-8-11(13)3-4-12(10)14/h3-4,8H,2,6-7,9H2,1H3. The van der Waals surface area contributed by atoms with Crippen molar-refractivity contribution >= 4 is 11.6 Å². The number of nitrogens with zero attached hydrogens (tertiary/aromatic N) is 2. The van der Waals surface area contributed by atoms with Crippen molar-refractivity contribution in [3.8, 4) is 6.07 Å². The van der Waals surface area contributed by atoms with Gasteiger partial charge in [0.25, 0.3) is 0 Å². The Morgan fingerprint density at radius 1 is 1.50 bits per heavy atom. The first-order valence-corrected chi connectivity index (χ1v) is 5.58. The van der Waals surface area contributed by atoms with Gasteiger partial charge in [-0.15, -0.1) is 0 Å². The molecule has 0 unspecified atom stereocenters. The Kier molecular flexibility index (Phi) is 5.24. The Bertz CT molecular complexity index is 387. The molecule has 0 amide bonds. The maximum Gasteiger partial charge on any atom is 0.127 e. The number of benzene rings is 1. The van der Waals surface area contributed by atoms with Crippen molar-refractivity contribution < 1.29 is 4.39 Å². The van der Waals surface area contributed by atoms with Crippen molar-refractivity contribution in [3.05, 3.63) is 34.6 Å². The van der Waals surface area contributed by atoms with Gasteiger partial charge in [-0.1, -0.05) is 18.5 Å². The van der Waals surface area contributed by atoms with Gasteiger partial charge in [-0.05, 0) is 31.2 Å². The third-order valence-electron chi connectivity index (χ3n) is 2.24. The van der Waals surface area contributed by atoms with Crippen molar-refractivity contribution in [2.75, 3.05) is 13.1 Å². The Morgan fingerprint density at radius 2 is 2.25 bits per heavy atom. The summed E-state index contributed by atoms with van der Waals surface area (Å²) in [6.45, 7) is 3.53. The predicted octanol–water partition coefficient (Wildman–Crippen LogP) is 3.21. The van der Waals surface area contributed by atoms with Gasteiger partial charge in [0, 0.05) is 17.1 Å². The SMILES string of the molecule is CCCN(CC#N)Cc1cc(Cl)ccc1F. The van der Waals surface area contributed by atoms with Crippen molar-refractivity contribution in [1.29, 1.82) is 5.26 Å². The zero-order chi connectivity index (χ0) is 12.0. The van der Waals surface area contributed by atoms with E-state index >= 15 is 0 Å². The van der Waals surface area contributed by atoms with Crippen LogP contribution in [0.2, 0.25) is 5.02 Å². The minimum atomic E-state index is -0.275. The highest BCUT2D eigenvalue weighted by molar-refractivity contribution is 6.30. The molecule has 0 fully saturated rings. The molecule has 0 N–H and O–H groups in total. The summed E-state index contributed by atoms with van der Waals surface area (Å²) in [5.41, 5.74) is 0.538. The lowest BCUT2D eigenvalue weighted by Gasteiger charge is -2.18. The van der Waals surface area contributed by atoms with Crippen molar-refractivity contribution in [3.63, 3.8) is 0 Å². The molecule has 2 nitrogen and oxygen atoms in total. The molecule has 0 bridgehead atoms. The number of hydrogen-bond acceptors (Lipinski definition) is 2. The van der Waals surface area contributed by atoms with Crippen LogP contribution in [0.25, 0.3) is 0 Å². The highest BCUT2D eigenvalue weighted by Gasteiger charge is 2.08. The molecule has 4 heteroatoms. The Labute approximate surface area is 100 Å². The van der Waals surface area contributed by atoms with Gasteiger partial charge in [0.15, 0.2) is 0 Å². The van der Waals surface area contributed by atoms with Crippen LogP contribution in [0.15, 0.2) is 18.2 Å². The van der Waals surface area contributed by atoms with E-state index in [2.05, 4.69) is 6.07 Å².